The quantitative estimate of drug-likeness (QED) is 0.404. The third-order valence-corrected chi connectivity index (χ3v) is 7.81. The summed E-state index contributed by atoms with van der Waals surface area (Å²) in [5.41, 5.74) is 4.59. The minimum atomic E-state index is -0.224. The van der Waals surface area contributed by atoms with Crippen molar-refractivity contribution in [1.29, 1.82) is 0 Å². The molecule has 2 aromatic carbocycles. The van der Waals surface area contributed by atoms with Crippen molar-refractivity contribution >= 4 is 23.2 Å². The molecule has 1 aliphatic heterocycles. The first-order chi connectivity index (χ1) is 16.5. The van der Waals surface area contributed by atoms with Gasteiger partial charge in [-0.05, 0) is 59.9 Å². The van der Waals surface area contributed by atoms with Crippen LogP contribution in [0.2, 0.25) is 0 Å². The van der Waals surface area contributed by atoms with E-state index in [2.05, 4.69) is 37.4 Å². The monoisotopic (exact) mass is 474 g/mol. The van der Waals surface area contributed by atoms with E-state index in [1.807, 2.05) is 54.3 Å². The van der Waals surface area contributed by atoms with Crippen LogP contribution in [-0.4, -0.2) is 41.2 Å². The summed E-state index contributed by atoms with van der Waals surface area (Å²) in [7, 11) is 0. The van der Waals surface area contributed by atoms with Crippen LogP contribution < -0.4 is 0 Å². The Kier molecular flexibility index (Phi) is 7.84. The van der Waals surface area contributed by atoms with E-state index in [0.717, 1.165) is 18.4 Å². The number of nitrogens with zero attached hydrogens (tertiary/aromatic N) is 2. The highest BCUT2D eigenvalue weighted by molar-refractivity contribution is 7.10. The second-order valence-corrected chi connectivity index (χ2v) is 10.0. The first-order valence-electron chi connectivity index (χ1n) is 12.3. The van der Waals surface area contributed by atoms with Crippen LogP contribution in [0.25, 0.3) is 0 Å². The van der Waals surface area contributed by atoms with Gasteiger partial charge in [0.1, 0.15) is 0 Å². The topological polar surface area (TPSA) is 40.6 Å². The molecule has 0 bridgehead atoms. The molecule has 0 saturated carbocycles. The predicted molar refractivity (Wildman–Crippen MR) is 139 cm³/mol. The third-order valence-electron chi connectivity index (χ3n) is 6.81. The molecule has 4 nitrogen and oxygen atoms in total. The van der Waals surface area contributed by atoms with E-state index >= 15 is 0 Å². The fourth-order valence-electron chi connectivity index (χ4n) is 5.06. The zero-order valence-corrected chi connectivity index (χ0v) is 21.2. The highest BCUT2D eigenvalue weighted by atomic mass is 32.1. The molecule has 0 radical (unpaired) electrons. The zero-order chi connectivity index (χ0) is 24.1. The lowest BCUT2D eigenvalue weighted by molar-refractivity contribution is -0.142. The molecule has 0 aliphatic carbocycles. The maximum Gasteiger partial charge on any atom is 0.242 e. The molecule has 0 fully saturated rings. The van der Waals surface area contributed by atoms with Gasteiger partial charge in [0.05, 0.1) is 18.5 Å². The fraction of sp³-hybridized carbons (Fsp3) is 0.379. The van der Waals surface area contributed by atoms with Gasteiger partial charge >= 0.3 is 0 Å². The van der Waals surface area contributed by atoms with Gasteiger partial charge in [-0.25, -0.2) is 0 Å². The lowest BCUT2D eigenvalue weighted by Gasteiger charge is -2.38. The van der Waals surface area contributed by atoms with Crippen LogP contribution in [-0.2, 0) is 16.0 Å². The van der Waals surface area contributed by atoms with Gasteiger partial charge in [-0.2, -0.15) is 0 Å². The number of rotatable bonds is 8. The minimum absolute atomic E-state index is 0.0230. The molecule has 0 N–H and O–H groups in total. The molecular formula is C29H34N2O2S. The predicted octanol–water partition coefficient (Wildman–Crippen LogP) is 5.96. The smallest absolute Gasteiger partial charge is 0.242 e. The average molecular weight is 475 g/mol. The molecule has 178 valence electrons. The van der Waals surface area contributed by atoms with Gasteiger partial charge in [-0.3, -0.25) is 9.59 Å². The standard InChI is InChI=1S/C29H34N2O2S/c1-4-17-30(29(33)23(5-2)22-12-7-6-8-13-22)20-27(32)31-18-15-26-25(16-19-34-26)28(31)24-14-10-9-11-21(24)3/h6-14,16,19,23,28H,4-5,15,17-18,20H2,1-3H3. The maximum atomic E-state index is 13.8. The van der Waals surface area contributed by atoms with Crippen molar-refractivity contribution < 1.29 is 9.59 Å². The molecule has 1 aliphatic rings. The zero-order valence-electron chi connectivity index (χ0n) is 20.4. The van der Waals surface area contributed by atoms with Gasteiger partial charge in [0, 0.05) is 18.0 Å². The number of fused-ring (bicyclic) bond motifs is 1. The molecule has 4 rings (SSSR count). The summed E-state index contributed by atoms with van der Waals surface area (Å²) >= 11 is 1.77. The fourth-order valence-corrected chi connectivity index (χ4v) is 5.97. The summed E-state index contributed by atoms with van der Waals surface area (Å²) < 4.78 is 0. The average Bonchev–Trinajstić information content (AvgIpc) is 3.34. The molecule has 34 heavy (non-hydrogen) atoms. The van der Waals surface area contributed by atoms with Crippen molar-refractivity contribution in [3.05, 3.63) is 93.2 Å². The van der Waals surface area contributed by atoms with Gasteiger partial charge < -0.3 is 9.80 Å². The highest BCUT2D eigenvalue weighted by Crippen LogP contribution is 2.39. The summed E-state index contributed by atoms with van der Waals surface area (Å²) in [4.78, 5) is 32.5. The molecule has 2 heterocycles. The number of carbonyl (C=O) groups excluding carboxylic acids is 2. The SMILES string of the molecule is CCCN(CC(=O)N1CCc2sccc2C1c1ccccc1C)C(=O)C(CC)c1ccccc1. The van der Waals surface area contributed by atoms with E-state index < -0.39 is 0 Å². The van der Waals surface area contributed by atoms with Gasteiger partial charge in [-0.1, -0.05) is 68.4 Å². The van der Waals surface area contributed by atoms with Crippen LogP contribution in [0.1, 0.15) is 65.8 Å². The number of carbonyl (C=O) groups is 2. The lowest BCUT2D eigenvalue weighted by Crippen LogP contribution is -2.48. The van der Waals surface area contributed by atoms with E-state index in [1.54, 1.807) is 16.2 Å². The van der Waals surface area contributed by atoms with E-state index in [4.69, 9.17) is 0 Å². The van der Waals surface area contributed by atoms with Gasteiger partial charge in [0.25, 0.3) is 0 Å². The van der Waals surface area contributed by atoms with E-state index in [1.165, 1.54) is 21.6 Å². The Morgan fingerprint density at radius 1 is 1.03 bits per heavy atom. The summed E-state index contributed by atoms with van der Waals surface area (Å²) in [6.45, 7) is 7.59. The molecule has 3 aromatic rings. The summed E-state index contributed by atoms with van der Waals surface area (Å²) in [6.07, 6.45) is 2.40. The molecule has 5 heteroatoms. The van der Waals surface area contributed by atoms with Crippen molar-refractivity contribution in [1.82, 2.24) is 9.80 Å². The number of hydrogen-bond donors (Lipinski definition) is 0. The Morgan fingerprint density at radius 3 is 2.47 bits per heavy atom. The second kappa shape index (κ2) is 11.0. The van der Waals surface area contributed by atoms with Crippen molar-refractivity contribution in [3.63, 3.8) is 0 Å². The van der Waals surface area contributed by atoms with Gasteiger partial charge in [0.15, 0.2) is 0 Å². The van der Waals surface area contributed by atoms with Crippen molar-refractivity contribution in [3.8, 4) is 0 Å². The Morgan fingerprint density at radius 2 is 1.76 bits per heavy atom. The number of aryl methyl sites for hydroxylation is 1. The Hall–Kier alpha value is -2.92. The largest absolute Gasteiger partial charge is 0.333 e. The lowest BCUT2D eigenvalue weighted by atomic mass is 9.90. The number of benzene rings is 2. The Balaban J connectivity index is 1.61. The van der Waals surface area contributed by atoms with Crippen molar-refractivity contribution in [2.45, 2.75) is 52.0 Å². The van der Waals surface area contributed by atoms with Crippen molar-refractivity contribution in [2.24, 2.45) is 0 Å². The van der Waals surface area contributed by atoms with Crippen LogP contribution in [0.4, 0.5) is 0 Å². The summed E-state index contributed by atoms with van der Waals surface area (Å²) in [5, 5.41) is 2.13. The molecule has 1 aromatic heterocycles. The molecule has 0 spiro atoms. The van der Waals surface area contributed by atoms with Gasteiger partial charge in [-0.15, -0.1) is 11.3 Å². The highest BCUT2D eigenvalue weighted by Gasteiger charge is 2.35. The second-order valence-electron chi connectivity index (χ2n) is 9.03. The molecule has 2 unspecified atom stereocenters. The summed E-state index contributed by atoms with van der Waals surface area (Å²) in [6, 6.07) is 20.3. The van der Waals surface area contributed by atoms with Crippen LogP contribution in [0.15, 0.2) is 66.0 Å². The normalized spacial score (nSPS) is 16.1. The first-order valence-corrected chi connectivity index (χ1v) is 13.2. The van der Waals surface area contributed by atoms with E-state index in [9.17, 15) is 9.59 Å². The minimum Gasteiger partial charge on any atom is -0.333 e. The molecule has 2 atom stereocenters. The van der Waals surface area contributed by atoms with E-state index in [-0.39, 0.29) is 30.3 Å². The van der Waals surface area contributed by atoms with Crippen LogP contribution >= 0.6 is 11.3 Å². The van der Waals surface area contributed by atoms with Crippen LogP contribution in [0.3, 0.4) is 0 Å². The third kappa shape index (κ3) is 4.95. The van der Waals surface area contributed by atoms with E-state index in [0.29, 0.717) is 19.5 Å². The molecule has 2 amide bonds. The number of amides is 2. The van der Waals surface area contributed by atoms with Crippen LogP contribution in [0, 0.1) is 6.92 Å². The summed E-state index contributed by atoms with van der Waals surface area (Å²) in [5.74, 6) is -0.156. The number of hydrogen-bond acceptors (Lipinski definition) is 3. The first kappa shape index (κ1) is 24.2. The molecule has 0 saturated heterocycles. The van der Waals surface area contributed by atoms with Crippen LogP contribution in [0.5, 0.6) is 0 Å². The van der Waals surface area contributed by atoms with Gasteiger partial charge in [0.2, 0.25) is 11.8 Å². The molecular weight excluding hydrogens is 440 g/mol. The number of thiophene rings is 1. The Labute approximate surface area is 207 Å². The van der Waals surface area contributed by atoms with Crippen molar-refractivity contribution in [2.75, 3.05) is 19.6 Å². The maximum absolute atomic E-state index is 13.8. The Bertz CT molecular complexity index is 1120.